The fourth-order valence-electron chi connectivity index (χ4n) is 2.41. The third-order valence-corrected chi connectivity index (χ3v) is 3.62. The van der Waals surface area contributed by atoms with Gasteiger partial charge < -0.3 is 0 Å². The number of fused-ring (bicyclic) bond motifs is 1. The van der Waals surface area contributed by atoms with Crippen LogP contribution in [0, 0.1) is 5.82 Å². The third-order valence-electron chi connectivity index (χ3n) is 3.33. The van der Waals surface area contributed by atoms with Gasteiger partial charge in [0.25, 0.3) is 0 Å². The standard InChI is InChI=1S/C17H11ClFNO/c1-10(21)14-9-20-17-13(7-12(19)8-15(17)18)16(14)11-5-3-2-4-6-11/h2-9H,1H3. The second-order valence-corrected chi connectivity index (χ2v) is 5.16. The number of carbonyl (C=O) groups excluding carboxylic acids is 1. The zero-order valence-corrected chi connectivity index (χ0v) is 12.0. The molecule has 0 aliphatic carbocycles. The van der Waals surface area contributed by atoms with Crippen molar-refractivity contribution in [2.45, 2.75) is 6.92 Å². The minimum absolute atomic E-state index is 0.122. The Bertz CT molecular complexity index is 846. The van der Waals surface area contributed by atoms with E-state index < -0.39 is 5.82 Å². The van der Waals surface area contributed by atoms with Crippen molar-refractivity contribution in [2.24, 2.45) is 0 Å². The predicted molar refractivity (Wildman–Crippen MR) is 82.2 cm³/mol. The van der Waals surface area contributed by atoms with Gasteiger partial charge in [-0.3, -0.25) is 9.78 Å². The van der Waals surface area contributed by atoms with Crippen molar-refractivity contribution in [3.05, 3.63) is 65.1 Å². The van der Waals surface area contributed by atoms with Gasteiger partial charge in [-0.2, -0.15) is 0 Å². The quantitative estimate of drug-likeness (QED) is 0.630. The van der Waals surface area contributed by atoms with Crippen LogP contribution < -0.4 is 0 Å². The van der Waals surface area contributed by atoms with Crippen molar-refractivity contribution < 1.29 is 9.18 Å². The van der Waals surface area contributed by atoms with Gasteiger partial charge >= 0.3 is 0 Å². The average molecular weight is 300 g/mol. The highest BCUT2D eigenvalue weighted by molar-refractivity contribution is 6.35. The van der Waals surface area contributed by atoms with E-state index in [1.807, 2.05) is 30.3 Å². The number of carbonyl (C=O) groups is 1. The van der Waals surface area contributed by atoms with Crippen LogP contribution >= 0.6 is 11.6 Å². The number of hydrogen-bond donors (Lipinski definition) is 0. The van der Waals surface area contributed by atoms with E-state index >= 15 is 0 Å². The van der Waals surface area contributed by atoms with Gasteiger partial charge in [-0.05, 0) is 24.6 Å². The molecule has 0 saturated carbocycles. The summed E-state index contributed by atoms with van der Waals surface area (Å²) in [4.78, 5) is 16.1. The van der Waals surface area contributed by atoms with Crippen LogP contribution in [0.2, 0.25) is 5.02 Å². The van der Waals surface area contributed by atoms with Gasteiger partial charge in [0, 0.05) is 22.7 Å². The van der Waals surface area contributed by atoms with Crippen molar-refractivity contribution in [3.8, 4) is 11.1 Å². The summed E-state index contributed by atoms with van der Waals surface area (Å²) in [6.45, 7) is 1.47. The molecule has 0 atom stereocenters. The molecule has 4 heteroatoms. The van der Waals surface area contributed by atoms with Crippen LogP contribution in [0.1, 0.15) is 17.3 Å². The Morgan fingerprint density at radius 3 is 2.57 bits per heavy atom. The molecule has 3 aromatic rings. The first-order valence-electron chi connectivity index (χ1n) is 6.42. The third kappa shape index (κ3) is 2.41. The van der Waals surface area contributed by atoms with Crippen LogP contribution in [0.15, 0.2) is 48.7 Å². The van der Waals surface area contributed by atoms with Gasteiger partial charge in [-0.15, -0.1) is 0 Å². The summed E-state index contributed by atoms with van der Waals surface area (Å²) in [5, 5.41) is 0.774. The molecule has 0 fully saturated rings. The van der Waals surface area contributed by atoms with Crippen LogP contribution in [0.3, 0.4) is 0 Å². The maximum Gasteiger partial charge on any atom is 0.161 e. The van der Waals surface area contributed by atoms with Crippen molar-refractivity contribution in [1.29, 1.82) is 0 Å². The lowest BCUT2D eigenvalue weighted by atomic mass is 9.95. The number of rotatable bonds is 2. The van der Waals surface area contributed by atoms with Crippen LogP contribution in [0.25, 0.3) is 22.0 Å². The minimum Gasteiger partial charge on any atom is -0.294 e. The molecule has 1 heterocycles. The van der Waals surface area contributed by atoms with E-state index in [-0.39, 0.29) is 10.8 Å². The van der Waals surface area contributed by atoms with Crippen molar-refractivity contribution in [3.63, 3.8) is 0 Å². The van der Waals surface area contributed by atoms with Crippen molar-refractivity contribution in [2.75, 3.05) is 0 Å². The van der Waals surface area contributed by atoms with Gasteiger partial charge in [0.05, 0.1) is 10.5 Å². The van der Waals surface area contributed by atoms with Gasteiger partial charge in [0.15, 0.2) is 5.78 Å². The predicted octanol–water partition coefficient (Wildman–Crippen LogP) is 4.90. The van der Waals surface area contributed by atoms with Crippen LogP contribution in [0.5, 0.6) is 0 Å². The number of ketones is 1. The maximum atomic E-state index is 13.7. The number of hydrogen-bond acceptors (Lipinski definition) is 2. The highest BCUT2D eigenvalue weighted by atomic mass is 35.5. The summed E-state index contributed by atoms with van der Waals surface area (Å²) in [7, 11) is 0. The molecule has 0 aliphatic rings. The molecule has 3 rings (SSSR count). The fraction of sp³-hybridized carbons (Fsp3) is 0.0588. The van der Waals surface area contributed by atoms with E-state index in [1.165, 1.54) is 25.3 Å². The largest absolute Gasteiger partial charge is 0.294 e. The topological polar surface area (TPSA) is 30.0 Å². The number of pyridine rings is 1. The SMILES string of the molecule is CC(=O)c1cnc2c(Cl)cc(F)cc2c1-c1ccccc1. The van der Waals surface area contributed by atoms with Crippen molar-refractivity contribution >= 4 is 28.3 Å². The highest BCUT2D eigenvalue weighted by Gasteiger charge is 2.16. The first kappa shape index (κ1) is 13.7. The Hall–Kier alpha value is -2.26. The number of nitrogens with zero attached hydrogens (tertiary/aromatic N) is 1. The first-order chi connectivity index (χ1) is 10.1. The molecular formula is C17H11ClFNO. The Morgan fingerprint density at radius 1 is 1.19 bits per heavy atom. The average Bonchev–Trinajstić information content (AvgIpc) is 2.46. The monoisotopic (exact) mass is 299 g/mol. The van der Waals surface area contributed by atoms with E-state index in [4.69, 9.17) is 11.6 Å². The Balaban J connectivity index is 2.48. The molecule has 0 spiro atoms. The molecule has 0 radical (unpaired) electrons. The zero-order valence-electron chi connectivity index (χ0n) is 11.2. The molecule has 0 amide bonds. The number of halogens is 2. The molecule has 104 valence electrons. The van der Waals surface area contributed by atoms with Crippen molar-refractivity contribution in [1.82, 2.24) is 4.98 Å². The van der Waals surface area contributed by atoms with Crippen LogP contribution in [-0.4, -0.2) is 10.8 Å². The zero-order chi connectivity index (χ0) is 15.0. The van der Waals surface area contributed by atoms with Gasteiger partial charge in [-0.25, -0.2) is 4.39 Å². The summed E-state index contributed by atoms with van der Waals surface area (Å²) in [5.74, 6) is -0.573. The summed E-state index contributed by atoms with van der Waals surface area (Å²) in [5.41, 5.74) is 2.43. The minimum atomic E-state index is -0.452. The molecule has 0 aliphatic heterocycles. The summed E-state index contributed by atoms with van der Waals surface area (Å²) in [6, 6.07) is 12.0. The lowest BCUT2D eigenvalue weighted by Gasteiger charge is -2.12. The van der Waals surface area contributed by atoms with Gasteiger partial charge in [0.2, 0.25) is 0 Å². The molecule has 2 nitrogen and oxygen atoms in total. The lowest BCUT2D eigenvalue weighted by Crippen LogP contribution is -1.99. The van der Waals surface area contributed by atoms with E-state index in [2.05, 4.69) is 4.98 Å². The first-order valence-corrected chi connectivity index (χ1v) is 6.80. The van der Waals surface area contributed by atoms with E-state index in [0.29, 0.717) is 22.0 Å². The molecule has 0 N–H and O–H groups in total. The second kappa shape index (κ2) is 5.26. The smallest absolute Gasteiger partial charge is 0.161 e. The fourth-order valence-corrected chi connectivity index (χ4v) is 2.66. The lowest BCUT2D eigenvalue weighted by molar-refractivity contribution is 0.101. The molecular weight excluding hydrogens is 289 g/mol. The normalized spacial score (nSPS) is 10.8. The number of benzene rings is 2. The Labute approximate surface area is 126 Å². The molecule has 0 saturated heterocycles. The van der Waals surface area contributed by atoms with Crippen LogP contribution in [0.4, 0.5) is 4.39 Å². The van der Waals surface area contributed by atoms with E-state index in [0.717, 1.165) is 5.56 Å². The Morgan fingerprint density at radius 2 is 1.90 bits per heavy atom. The molecule has 2 aromatic carbocycles. The summed E-state index contributed by atoms with van der Waals surface area (Å²) in [6.07, 6.45) is 1.50. The molecule has 0 bridgehead atoms. The second-order valence-electron chi connectivity index (χ2n) is 4.75. The summed E-state index contributed by atoms with van der Waals surface area (Å²) < 4.78 is 13.7. The van der Waals surface area contributed by atoms with E-state index in [1.54, 1.807) is 0 Å². The highest BCUT2D eigenvalue weighted by Crippen LogP contribution is 2.34. The maximum absolute atomic E-state index is 13.7. The number of Topliss-reactive ketones (excluding diaryl/α,β-unsaturated/α-hetero) is 1. The van der Waals surface area contributed by atoms with Gasteiger partial charge in [-0.1, -0.05) is 41.9 Å². The van der Waals surface area contributed by atoms with E-state index in [9.17, 15) is 9.18 Å². The van der Waals surface area contributed by atoms with Crippen LogP contribution in [-0.2, 0) is 0 Å². The van der Waals surface area contributed by atoms with Gasteiger partial charge in [0.1, 0.15) is 5.82 Å². The Kier molecular flexibility index (Phi) is 3.43. The number of aromatic nitrogens is 1. The molecule has 1 aromatic heterocycles. The molecule has 0 unspecified atom stereocenters. The molecule has 21 heavy (non-hydrogen) atoms. The summed E-state index contributed by atoms with van der Waals surface area (Å²) >= 11 is 6.07.